The fourth-order valence-corrected chi connectivity index (χ4v) is 2.68. The van der Waals surface area contributed by atoms with Gasteiger partial charge in [0, 0.05) is 6.54 Å². The summed E-state index contributed by atoms with van der Waals surface area (Å²) in [5.41, 5.74) is 1.31. The third-order valence-corrected chi connectivity index (χ3v) is 3.69. The Bertz CT molecular complexity index is 433. The van der Waals surface area contributed by atoms with Gasteiger partial charge in [-0.15, -0.1) is 0 Å². The average molecular weight is 263 g/mol. The van der Waals surface area contributed by atoms with E-state index in [9.17, 15) is 9.90 Å². The van der Waals surface area contributed by atoms with Gasteiger partial charge in [-0.2, -0.15) is 0 Å². The van der Waals surface area contributed by atoms with E-state index >= 15 is 0 Å². The average Bonchev–Trinajstić information content (AvgIpc) is 2.39. The predicted molar refractivity (Wildman–Crippen MR) is 73.1 cm³/mol. The molecular formula is C15H21NO3. The van der Waals surface area contributed by atoms with Gasteiger partial charge in [0.2, 0.25) is 0 Å². The highest BCUT2D eigenvalue weighted by molar-refractivity contribution is 5.87. The van der Waals surface area contributed by atoms with Crippen molar-refractivity contribution < 1.29 is 15.0 Å². The summed E-state index contributed by atoms with van der Waals surface area (Å²) in [6, 6.07) is 6.99. The quantitative estimate of drug-likeness (QED) is 0.760. The van der Waals surface area contributed by atoms with Crippen LogP contribution in [-0.2, 0) is 6.54 Å². The maximum absolute atomic E-state index is 10.9. The molecule has 19 heavy (non-hydrogen) atoms. The highest BCUT2D eigenvalue weighted by atomic mass is 16.4. The van der Waals surface area contributed by atoms with Crippen molar-refractivity contribution >= 4 is 5.97 Å². The van der Waals surface area contributed by atoms with Gasteiger partial charge in [-0.25, -0.2) is 4.79 Å². The molecule has 0 saturated heterocycles. The Morgan fingerprint density at radius 1 is 1.37 bits per heavy atom. The van der Waals surface area contributed by atoms with E-state index in [1.165, 1.54) is 6.42 Å². The second-order valence-electron chi connectivity index (χ2n) is 5.32. The molecule has 104 valence electrons. The second-order valence-corrected chi connectivity index (χ2v) is 5.32. The van der Waals surface area contributed by atoms with Crippen molar-refractivity contribution in [2.24, 2.45) is 5.92 Å². The summed E-state index contributed by atoms with van der Waals surface area (Å²) in [5, 5.41) is 21.9. The van der Waals surface area contributed by atoms with E-state index in [1.54, 1.807) is 18.2 Å². The van der Waals surface area contributed by atoms with Gasteiger partial charge in [0.25, 0.3) is 0 Å². The molecule has 0 spiro atoms. The lowest BCUT2D eigenvalue weighted by Gasteiger charge is -2.26. The molecule has 1 fully saturated rings. The summed E-state index contributed by atoms with van der Waals surface area (Å²) in [5.74, 6) is -0.358. The zero-order chi connectivity index (χ0) is 13.7. The summed E-state index contributed by atoms with van der Waals surface area (Å²) < 4.78 is 0. The van der Waals surface area contributed by atoms with Crippen LogP contribution in [0, 0.1) is 5.92 Å². The third kappa shape index (κ3) is 4.33. The molecule has 0 heterocycles. The highest BCUT2D eigenvalue weighted by Gasteiger charge is 2.19. The van der Waals surface area contributed by atoms with Crippen LogP contribution in [-0.4, -0.2) is 28.8 Å². The number of hydrogen-bond donors (Lipinski definition) is 3. The van der Waals surface area contributed by atoms with Crippen molar-refractivity contribution in [3.05, 3.63) is 35.4 Å². The van der Waals surface area contributed by atoms with Crippen LogP contribution in [0.5, 0.6) is 0 Å². The van der Waals surface area contributed by atoms with Gasteiger partial charge >= 0.3 is 5.97 Å². The van der Waals surface area contributed by atoms with Crippen molar-refractivity contribution in [3.63, 3.8) is 0 Å². The molecule has 0 aromatic heterocycles. The zero-order valence-corrected chi connectivity index (χ0v) is 11.0. The maximum Gasteiger partial charge on any atom is 0.335 e. The van der Waals surface area contributed by atoms with Crippen LogP contribution in [0.15, 0.2) is 24.3 Å². The van der Waals surface area contributed by atoms with E-state index in [0.717, 1.165) is 31.4 Å². The number of rotatable bonds is 5. The first-order valence-electron chi connectivity index (χ1n) is 6.86. The van der Waals surface area contributed by atoms with Gasteiger partial charge < -0.3 is 15.5 Å². The van der Waals surface area contributed by atoms with Crippen LogP contribution >= 0.6 is 0 Å². The molecule has 2 atom stereocenters. The number of benzene rings is 1. The van der Waals surface area contributed by atoms with Crippen LogP contribution in [0.2, 0.25) is 0 Å². The Morgan fingerprint density at radius 3 is 2.95 bits per heavy atom. The minimum atomic E-state index is -0.891. The van der Waals surface area contributed by atoms with Crippen LogP contribution in [0.4, 0.5) is 0 Å². The lowest BCUT2D eigenvalue weighted by atomic mass is 9.87. The SMILES string of the molecule is O=C(O)c1cccc(CNCC2CCCC(O)C2)c1. The van der Waals surface area contributed by atoms with Crippen LogP contribution in [0.3, 0.4) is 0 Å². The lowest BCUT2D eigenvalue weighted by Crippen LogP contribution is -2.28. The topological polar surface area (TPSA) is 69.6 Å². The number of hydrogen-bond acceptors (Lipinski definition) is 3. The number of carboxylic acids is 1. The number of aromatic carboxylic acids is 1. The molecule has 1 aromatic carbocycles. The Hall–Kier alpha value is -1.39. The van der Waals surface area contributed by atoms with Crippen LogP contribution in [0.1, 0.15) is 41.6 Å². The molecule has 1 aliphatic rings. The minimum Gasteiger partial charge on any atom is -0.478 e. The summed E-state index contributed by atoms with van der Waals surface area (Å²) in [7, 11) is 0. The molecule has 1 aliphatic carbocycles. The summed E-state index contributed by atoms with van der Waals surface area (Å²) in [6.45, 7) is 1.56. The van der Waals surface area contributed by atoms with E-state index in [1.807, 2.05) is 6.07 Å². The summed E-state index contributed by atoms with van der Waals surface area (Å²) in [6.07, 6.45) is 3.93. The van der Waals surface area contributed by atoms with E-state index in [4.69, 9.17) is 5.11 Å². The molecule has 3 N–H and O–H groups in total. The standard InChI is InChI=1S/C15H21NO3/c17-14-6-2-4-12(8-14)10-16-9-11-3-1-5-13(7-11)15(18)19/h1,3,5,7,12,14,16-17H,2,4,6,8-10H2,(H,18,19). The Kier molecular flexibility index (Phi) is 4.93. The summed E-state index contributed by atoms with van der Waals surface area (Å²) >= 11 is 0. The monoisotopic (exact) mass is 263 g/mol. The van der Waals surface area contributed by atoms with Crippen molar-refractivity contribution in [1.29, 1.82) is 0 Å². The van der Waals surface area contributed by atoms with Gasteiger partial charge in [0.15, 0.2) is 0 Å². The highest BCUT2D eigenvalue weighted by Crippen LogP contribution is 2.23. The van der Waals surface area contributed by atoms with Gasteiger partial charge in [-0.1, -0.05) is 18.6 Å². The van der Waals surface area contributed by atoms with E-state index in [-0.39, 0.29) is 6.10 Å². The Labute approximate surface area is 113 Å². The number of carboxylic acid groups (broad SMARTS) is 1. The third-order valence-electron chi connectivity index (χ3n) is 3.69. The van der Waals surface area contributed by atoms with Crippen molar-refractivity contribution in [1.82, 2.24) is 5.32 Å². The van der Waals surface area contributed by atoms with Crippen molar-refractivity contribution in [2.75, 3.05) is 6.54 Å². The van der Waals surface area contributed by atoms with Gasteiger partial charge in [-0.05, 0) is 49.4 Å². The maximum atomic E-state index is 10.9. The zero-order valence-electron chi connectivity index (χ0n) is 11.0. The van der Waals surface area contributed by atoms with Crippen molar-refractivity contribution in [2.45, 2.75) is 38.3 Å². The molecule has 4 nitrogen and oxygen atoms in total. The van der Waals surface area contributed by atoms with Crippen LogP contribution < -0.4 is 5.32 Å². The van der Waals surface area contributed by atoms with Crippen molar-refractivity contribution in [3.8, 4) is 0 Å². The summed E-state index contributed by atoms with van der Waals surface area (Å²) in [4.78, 5) is 10.9. The second kappa shape index (κ2) is 6.68. The molecule has 4 heteroatoms. The molecule has 0 amide bonds. The predicted octanol–water partition coefficient (Wildman–Crippen LogP) is 2.03. The van der Waals surface area contributed by atoms with E-state index in [2.05, 4.69) is 5.32 Å². The van der Waals surface area contributed by atoms with Gasteiger partial charge in [0.05, 0.1) is 11.7 Å². The fraction of sp³-hybridized carbons (Fsp3) is 0.533. The molecular weight excluding hydrogens is 242 g/mol. The molecule has 0 aliphatic heterocycles. The molecule has 0 bridgehead atoms. The molecule has 2 rings (SSSR count). The Morgan fingerprint density at radius 2 is 2.21 bits per heavy atom. The number of carbonyl (C=O) groups is 1. The first kappa shape index (κ1) is 14.0. The normalized spacial score (nSPS) is 23.2. The Balaban J connectivity index is 1.79. The van der Waals surface area contributed by atoms with E-state index in [0.29, 0.717) is 18.0 Å². The fourth-order valence-electron chi connectivity index (χ4n) is 2.68. The molecule has 1 aromatic rings. The molecule has 1 saturated carbocycles. The van der Waals surface area contributed by atoms with Gasteiger partial charge in [-0.3, -0.25) is 0 Å². The van der Waals surface area contributed by atoms with E-state index < -0.39 is 5.97 Å². The molecule has 0 radical (unpaired) electrons. The largest absolute Gasteiger partial charge is 0.478 e. The molecule has 2 unspecified atom stereocenters. The van der Waals surface area contributed by atoms with Gasteiger partial charge in [0.1, 0.15) is 0 Å². The van der Waals surface area contributed by atoms with Crippen LogP contribution in [0.25, 0.3) is 0 Å². The first-order chi connectivity index (χ1) is 9.15. The lowest BCUT2D eigenvalue weighted by molar-refractivity contribution is 0.0696. The number of aliphatic hydroxyl groups is 1. The first-order valence-corrected chi connectivity index (χ1v) is 6.86. The smallest absolute Gasteiger partial charge is 0.335 e. The minimum absolute atomic E-state index is 0.143. The number of nitrogens with one attached hydrogen (secondary N) is 1. The number of aliphatic hydroxyl groups excluding tert-OH is 1.